The predicted molar refractivity (Wildman–Crippen MR) is 105 cm³/mol. The molecule has 0 aromatic heterocycles. The van der Waals surface area contributed by atoms with E-state index >= 15 is 0 Å². The molecule has 1 amide bonds. The Labute approximate surface area is 168 Å². The number of aromatic hydroxyl groups is 1. The number of hydrogen-bond donors (Lipinski definition) is 1. The number of carbonyl (C=O) groups is 2. The summed E-state index contributed by atoms with van der Waals surface area (Å²) in [6.07, 6.45) is 0. The van der Waals surface area contributed by atoms with E-state index in [4.69, 9.17) is 21.1 Å². The molecule has 0 aliphatic carbocycles. The lowest BCUT2D eigenvalue weighted by molar-refractivity contribution is -0.134. The third-order valence-electron chi connectivity index (χ3n) is 4.58. The first-order chi connectivity index (χ1) is 13.5. The van der Waals surface area contributed by atoms with E-state index in [1.165, 1.54) is 18.2 Å². The molecule has 1 aliphatic rings. The van der Waals surface area contributed by atoms with Crippen LogP contribution in [0.3, 0.4) is 0 Å². The van der Waals surface area contributed by atoms with Crippen molar-refractivity contribution in [2.75, 3.05) is 44.8 Å². The number of nitrogens with zero attached hydrogens (tertiary/aromatic N) is 2. The largest absolute Gasteiger partial charge is 0.507 e. The van der Waals surface area contributed by atoms with Crippen LogP contribution in [0, 0.1) is 0 Å². The highest BCUT2D eigenvalue weighted by Gasteiger charge is 2.23. The van der Waals surface area contributed by atoms with Crippen molar-refractivity contribution in [2.45, 2.75) is 0 Å². The van der Waals surface area contributed by atoms with Gasteiger partial charge in [0.25, 0.3) is 5.91 Å². The molecule has 1 fully saturated rings. The topological polar surface area (TPSA) is 79.3 Å². The molecule has 1 N–H and O–H groups in total. The van der Waals surface area contributed by atoms with Crippen molar-refractivity contribution in [1.29, 1.82) is 0 Å². The zero-order chi connectivity index (χ0) is 20.1. The van der Waals surface area contributed by atoms with Crippen molar-refractivity contribution < 1.29 is 24.2 Å². The van der Waals surface area contributed by atoms with Crippen LogP contribution < -0.4 is 9.64 Å². The molecular weight excluding hydrogens is 384 g/mol. The lowest BCUT2D eigenvalue weighted by Crippen LogP contribution is -2.49. The van der Waals surface area contributed by atoms with Gasteiger partial charge >= 0.3 is 5.97 Å². The normalized spacial score (nSPS) is 13.9. The van der Waals surface area contributed by atoms with E-state index in [0.29, 0.717) is 31.2 Å². The number of amides is 1. The van der Waals surface area contributed by atoms with Gasteiger partial charge in [-0.05, 0) is 42.5 Å². The minimum Gasteiger partial charge on any atom is -0.507 e. The molecule has 0 bridgehead atoms. The Morgan fingerprint density at radius 2 is 1.75 bits per heavy atom. The summed E-state index contributed by atoms with van der Waals surface area (Å²) >= 11 is 5.82. The number of carbonyl (C=O) groups excluding carboxylic acids is 2. The number of esters is 1. The molecule has 0 spiro atoms. The van der Waals surface area contributed by atoms with E-state index < -0.39 is 5.97 Å². The van der Waals surface area contributed by atoms with Gasteiger partial charge in [0.15, 0.2) is 6.61 Å². The number of phenolic OH excluding ortho intramolecular Hbond substituents is 1. The van der Waals surface area contributed by atoms with Crippen molar-refractivity contribution in [3.63, 3.8) is 0 Å². The monoisotopic (exact) mass is 404 g/mol. The van der Waals surface area contributed by atoms with Crippen LogP contribution in [-0.4, -0.2) is 61.8 Å². The summed E-state index contributed by atoms with van der Waals surface area (Å²) in [5, 5.41) is 10.0. The third-order valence-corrected chi connectivity index (χ3v) is 4.81. The summed E-state index contributed by atoms with van der Waals surface area (Å²) in [4.78, 5) is 28.2. The highest BCUT2D eigenvalue weighted by atomic mass is 35.5. The quantitative estimate of drug-likeness (QED) is 0.771. The van der Waals surface area contributed by atoms with E-state index in [1.807, 2.05) is 24.3 Å². The number of anilines is 1. The minimum atomic E-state index is -0.787. The maximum absolute atomic E-state index is 12.3. The Balaban J connectivity index is 1.49. The summed E-state index contributed by atoms with van der Waals surface area (Å²) in [7, 11) is 1.62. The number of benzene rings is 2. The summed E-state index contributed by atoms with van der Waals surface area (Å²) < 4.78 is 10.2. The smallest absolute Gasteiger partial charge is 0.342 e. The molecule has 1 saturated heterocycles. The van der Waals surface area contributed by atoms with Gasteiger partial charge in [0, 0.05) is 36.9 Å². The van der Waals surface area contributed by atoms with Crippen LogP contribution in [0.1, 0.15) is 10.4 Å². The first-order valence-corrected chi connectivity index (χ1v) is 9.18. The van der Waals surface area contributed by atoms with Gasteiger partial charge in [0.1, 0.15) is 17.1 Å². The van der Waals surface area contributed by atoms with Crippen LogP contribution in [0.15, 0.2) is 42.5 Å². The Morgan fingerprint density at radius 1 is 1.07 bits per heavy atom. The van der Waals surface area contributed by atoms with E-state index in [0.717, 1.165) is 11.4 Å². The number of piperazine rings is 1. The van der Waals surface area contributed by atoms with Gasteiger partial charge in [-0.2, -0.15) is 0 Å². The van der Waals surface area contributed by atoms with Crippen LogP contribution >= 0.6 is 11.6 Å². The molecule has 2 aromatic carbocycles. The van der Waals surface area contributed by atoms with E-state index in [2.05, 4.69) is 4.90 Å². The summed E-state index contributed by atoms with van der Waals surface area (Å²) in [6.45, 7) is 2.05. The molecule has 0 unspecified atom stereocenters. The maximum Gasteiger partial charge on any atom is 0.342 e. The second-order valence-corrected chi connectivity index (χ2v) is 6.74. The third kappa shape index (κ3) is 4.67. The van der Waals surface area contributed by atoms with Gasteiger partial charge in [-0.15, -0.1) is 0 Å². The van der Waals surface area contributed by atoms with Gasteiger partial charge in [-0.3, -0.25) is 4.79 Å². The number of rotatable bonds is 5. The van der Waals surface area contributed by atoms with Gasteiger partial charge in [-0.25, -0.2) is 4.79 Å². The van der Waals surface area contributed by atoms with E-state index in [-0.39, 0.29) is 23.8 Å². The molecule has 0 radical (unpaired) electrons. The highest BCUT2D eigenvalue weighted by molar-refractivity contribution is 6.31. The molecule has 2 aromatic rings. The van der Waals surface area contributed by atoms with E-state index in [1.54, 1.807) is 12.0 Å². The Morgan fingerprint density at radius 3 is 2.39 bits per heavy atom. The lowest BCUT2D eigenvalue weighted by atomic mass is 10.2. The molecule has 3 rings (SSSR count). The summed E-state index contributed by atoms with van der Waals surface area (Å²) in [5.74, 6) is -0.505. The molecule has 7 nitrogen and oxygen atoms in total. The van der Waals surface area contributed by atoms with Crippen LogP contribution in [0.25, 0.3) is 0 Å². The van der Waals surface area contributed by atoms with Crippen molar-refractivity contribution in [1.82, 2.24) is 4.90 Å². The fraction of sp³-hybridized carbons (Fsp3) is 0.300. The second kappa shape index (κ2) is 8.84. The standard InChI is InChI=1S/C20H21ClN2O5/c1-27-16-5-3-15(4-6-16)22-8-10-23(11-9-22)19(25)13-28-20(26)17-12-14(21)2-7-18(17)24/h2-7,12,24H,8-11,13H2,1H3. The molecular formula is C20H21ClN2O5. The molecule has 1 heterocycles. The molecule has 0 saturated carbocycles. The molecule has 1 aliphatic heterocycles. The fourth-order valence-corrected chi connectivity index (χ4v) is 3.15. The van der Waals surface area contributed by atoms with Crippen LogP contribution in [0.4, 0.5) is 5.69 Å². The molecule has 28 heavy (non-hydrogen) atoms. The molecule has 0 atom stereocenters. The van der Waals surface area contributed by atoms with Crippen LogP contribution in [-0.2, 0) is 9.53 Å². The first-order valence-electron chi connectivity index (χ1n) is 8.80. The first kappa shape index (κ1) is 19.8. The van der Waals surface area contributed by atoms with Crippen LogP contribution in [0.5, 0.6) is 11.5 Å². The number of phenols is 1. The number of halogens is 1. The fourth-order valence-electron chi connectivity index (χ4n) is 2.98. The number of ether oxygens (including phenoxy) is 2. The van der Waals surface area contributed by atoms with Crippen molar-refractivity contribution >= 4 is 29.2 Å². The number of methoxy groups -OCH3 is 1. The predicted octanol–water partition coefficient (Wildman–Crippen LogP) is 2.56. The Kier molecular flexibility index (Phi) is 6.26. The lowest BCUT2D eigenvalue weighted by Gasteiger charge is -2.36. The minimum absolute atomic E-state index is 0.0652. The number of hydrogen-bond acceptors (Lipinski definition) is 6. The highest BCUT2D eigenvalue weighted by Crippen LogP contribution is 2.23. The van der Waals surface area contributed by atoms with Crippen molar-refractivity contribution in [3.8, 4) is 11.5 Å². The van der Waals surface area contributed by atoms with E-state index in [9.17, 15) is 14.7 Å². The molecule has 8 heteroatoms. The van der Waals surface area contributed by atoms with Gasteiger partial charge in [-0.1, -0.05) is 11.6 Å². The summed E-state index contributed by atoms with van der Waals surface area (Å²) in [6, 6.07) is 11.8. The zero-order valence-corrected chi connectivity index (χ0v) is 16.2. The van der Waals surface area contributed by atoms with Crippen molar-refractivity contribution in [3.05, 3.63) is 53.1 Å². The molecule has 148 valence electrons. The van der Waals surface area contributed by atoms with Crippen LogP contribution in [0.2, 0.25) is 5.02 Å². The van der Waals surface area contributed by atoms with Gasteiger partial charge in [0.2, 0.25) is 0 Å². The Bertz CT molecular complexity index is 848. The average molecular weight is 405 g/mol. The van der Waals surface area contributed by atoms with Gasteiger partial charge < -0.3 is 24.4 Å². The summed E-state index contributed by atoms with van der Waals surface area (Å²) in [5.41, 5.74) is 1.00. The average Bonchev–Trinajstić information content (AvgIpc) is 2.73. The van der Waals surface area contributed by atoms with Gasteiger partial charge in [0.05, 0.1) is 7.11 Å². The Hall–Kier alpha value is -2.93. The SMILES string of the molecule is COc1ccc(N2CCN(C(=O)COC(=O)c3cc(Cl)ccc3O)CC2)cc1. The maximum atomic E-state index is 12.3. The zero-order valence-electron chi connectivity index (χ0n) is 15.4. The second-order valence-electron chi connectivity index (χ2n) is 6.30. The van der Waals surface area contributed by atoms with Crippen molar-refractivity contribution in [2.24, 2.45) is 0 Å².